The van der Waals surface area contributed by atoms with Gasteiger partial charge in [0.25, 0.3) is 0 Å². The normalized spacial score (nSPS) is 15.1. The minimum absolute atomic E-state index is 0.350. The summed E-state index contributed by atoms with van der Waals surface area (Å²) in [5.74, 6) is 1.74. The Morgan fingerprint density at radius 1 is 1.25 bits per heavy atom. The fraction of sp³-hybridized carbons (Fsp3) is 0.538. The quantitative estimate of drug-likeness (QED) is 0.828. The number of rotatable bonds is 5. The fourth-order valence-electron chi connectivity index (χ4n) is 2.00. The summed E-state index contributed by atoms with van der Waals surface area (Å²) in [5.41, 5.74) is 1.30. The van der Waals surface area contributed by atoms with E-state index in [1.54, 1.807) is 0 Å². The lowest BCUT2D eigenvalue weighted by molar-refractivity contribution is 0.174. The number of likely N-dealkylation sites (N-methyl/N-ethyl adjacent to an activating group) is 1. The largest absolute Gasteiger partial charge is 0.454 e. The standard InChI is InChI=1S/C13H19NO2/c1-3-11(14-4-2)7-10-5-6-12-13(8-10)16-9-15-12/h5-6,8,11,14H,3-4,7,9H2,1-2H3. The number of nitrogens with one attached hydrogen (secondary N) is 1. The zero-order chi connectivity index (χ0) is 11.4. The van der Waals surface area contributed by atoms with Crippen LogP contribution in [0.25, 0.3) is 0 Å². The molecular formula is C13H19NO2. The van der Waals surface area contributed by atoms with Crippen LogP contribution in [0.3, 0.4) is 0 Å². The maximum atomic E-state index is 5.37. The molecule has 1 atom stereocenters. The zero-order valence-corrected chi connectivity index (χ0v) is 9.95. The van der Waals surface area contributed by atoms with Crippen molar-refractivity contribution in [2.75, 3.05) is 13.3 Å². The third kappa shape index (κ3) is 2.47. The minimum atomic E-state index is 0.350. The van der Waals surface area contributed by atoms with Gasteiger partial charge in [-0.2, -0.15) is 0 Å². The molecule has 3 nitrogen and oxygen atoms in total. The van der Waals surface area contributed by atoms with Crippen LogP contribution < -0.4 is 14.8 Å². The van der Waals surface area contributed by atoms with Crippen molar-refractivity contribution < 1.29 is 9.47 Å². The fourth-order valence-corrected chi connectivity index (χ4v) is 2.00. The van der Waals surface area contributed by atoms with E-state index >= 15 is 0 Å². The van der Waals surface area contributed by atoms with Crippen molar-refractivity contribution in [2.24, 2.45) is 0 Å². The van der Waals surface area contributed by atoms with Gasteiger partial charge in [-0.25, -0.2) is 0 Å². The predicted molar refractivity (Wildman–Crippen MR) is 64.0 cm³/mol. The van der Waals surface area contributed by atoms with Crippen LogP contribution in [0, 0.1) is 0 Å². The summed E-state index contributed by atoms with van der Waals surface area (Å²) in [6.45, 7) is 5.72. The molecule has 1 aliphatic heterocycles. The molecule has 0 fully saturated rings. The number of fused-ring (bicyclic) bond motifs is 1. The van der Waals surface area contributed by atoms with Gasteiger partial charge in [0.2, 0.25) is 6.79 Å². The third-order valence-corrected chi connectivity index (χ3v) is 2.90. The lowest BCUT2D eigenvalue weighted by Gasteiger charge is -2.15. The molecule has 1 N–H and O–H groups in total. The van der Waals surface area contributed by atoms with Gasteiger partial charge in [-0.05, 0) is 37.1 Å². The second-order valence-electron chi connectivity index (χ2n) is 4.05. The molecule has 0 aromatic heterocycles. The first kappa shape index (κ1) is 11.3. The Hall–Kier alpha value is -1.22. The lowest BCUT2D eigenvalue weighted by atomic mass is 10.0. The van der Waals surface area contributed by atoms with Crippen molar-refractivity contribution in [3.8, 4) is 11.5 Å². The summed E-state index contributed by atoms with van der Waals surface area (Å²) in [5, 5.41) is 3.48. The van der Waals surface area contributed by atoms with Crippen molar-refractivity contribution in [3.05, 3.63) is 23.8 Å². The van der Waals surface area contributed by atoms with Crippen LogP contribution >= 0.6 is 0 Å². The van der Waals surface area contributed by atoms with Gasteiger partial charge < -0.3 is 14.8 Å². The van der Waals surface area contributed by atoms with E-state index < -0.39 is 0 Å². The molecule has 0 aliphatic carbocycles. The molecule has 3 heteroatoms. The zero-order valence-electron chi connectivity index (χ0n) is 9.95. The Morgan fingerprint density at radius 3 is 2.81 bits per heavy atom. The number of hydrogen-bond donors (Lipinski definition) is 1. The average molecular weight is 221 g/mol. The smallest absolute Gasteiger partial charge is 0.231 e. The van der Waals surface area contributed by atoms with Gasteiger partial charge in [0, 0.05) is 6.04 Å². The van der Waals surface area contributed by atoms with Gasteiger partial charge >= 0.3 is 0 Å². The van der Waals surface area contributed by atoms with Gasteiger partial charge in [0.1, 0.15) is 0 Å². The van der Waals surface area contributed by atoms with E-state index in [2.05, 4.69) is 31.3 Å². The van der Waals surface area contributed by atoms with Crippen molar-refractivity contribution in [1.29, 1.82) is 0 Å². The number of benzene rings is 1. The Morgan fingerprint density at radius 2 is 2.06 bits per heavy atom. The van der Waals surface area contributed by atoms with E-state index in [0.29, 0.717) is 12.8 Å². The Balaban J connectivity index is 2.04. The Labute approximate surface area is 96.8 Å². The Kier molecular flexibility index (Phi) is 3.67. The van der Waals surface area contributed by atoms with Gasteiger partial charge in [-0.3, -0.25) is 0 Å². The first-order valence-electron chi connectivity index (χ1n) is 5.95. The highest BCUT2D eigenvalue weighted by Crippen LogP contribution is 2.32. The number of hydrogen-bond acceptors (Lipinski definition) is 3. The van der Waals surface area contributed by atoms with E-state index in [1.165, 1.54) is 5.56 Å². The van der Waals surface area contributed by atoms with Crippen LogP contribution in [0.15, 0.2) is 18.2 Å². The van der Waals surface area contributed by atoms with E-state index in [-0.39, 0.29) is 0 Å². The highest BCUT2D eigenvalue weighted by molar-refractivity contribution is 5.44. The van der Waals surface area contributed by atoms with Crippen molar-refractivity contribution in [2.45, 2.75) is 32.7 Å². The molecule has 88 valence electrons. The van der Waals surface area contributed by atoms with Gasteiger partial charge in [-0.1, -0.05) is 19.9 Å². The summed E-state index contributed by atoms with van der Waals surface area (Å²) < 4.78 is 10.7. The Bertz CT molecular complexity index is 352. The molecule has 1 heterocycles. The molecule has 0 saturated carbocycles. The molecule has 16 heavy (non-hydrogen) atoms. The molecule has 1 aromatic rings. The second-order valence-corrected chi connectivity index (χ2v) is 4.05. The minimum Gasteiger partial charge on any atom is -0.454 e. The highest BCUT2D eigenvalue weighted by Gasteiger charge is 2.14. The van der Waals surface area contributed by atoms with Gasteiger partial charge in [-0.15, -0.1) is 0 Å². The maximum absolute atomic E-state index is 5.37. The number of ether oxygens (including phenoxy) is 2. The van der Waals surface area contributed by atoms with Crippen molar-refractivity contribution in [1.82, 2.24) is 5.32 Å². The SMILES string of the molecule is CCNC(CC)Cc1ccc2c(c1)OCO2. The first-order valence-corrected chi connectivity index (χ1v) is 5.95. The molecule has 0 saturated heterocycles. The molecule has 0 amide bonds. The van der Waals surface area contributed by atoms with Gasteiger partial charge in [0.15, 0.2) is 11.5 Å². The molecule has 1 aromatic carbocycles. The summed E-state index contributed by atoms with van der Waals surface area (Å²) in [4.78, 5) is 0. The summed E-state index contributed by atoms with van der Waals surface area (Å²) >= 11 is 0. The maximum Gasteiger partial charge on any atom is 0.231 e. The van der Waals surface area contributed by atoms with Gasteiger partial charge in [0.05, 0.1) is 0 Å². The van der Waals surface area contributed by atoms with Crippen LogP contribution in [0.1, 0.15) is 25.8 Å². The van der Waals surface area contributed by atoms with E-state index in [4.69, 9.17) is 9.47 Å². The van der Waals surface area contributed by atoms with Crippen LogP contribution in [0.5, 0.6) is 11.5 Å². The van der Waals surface area contributed by atoms with Crippen LogP contribution in [-0.2, 0) is 6.42 Å². The van der Waals surface area contributed by atoms with Crippen LogP contribution in [0.2, 0.25) is 0 Å². The van der Waals surface area contributed by atoms with Crippen LogP contribution in [-0.4, -0.2) is 19.4 Å². The monoisotopic (exact) mass is 221 g/mol. The highest BCUT2D eigenvalue weighted by atomic mass is 16.7. The molecule has 0 radical (unpaired) electrons. The summed E-state index contributed by atoms with van der Waals surface area (Å²) in [7, 11) is 0. The predicted octanol–water partition coefficient (Wildman–Crippen LogP) is 2.35. The molecule has 0 spiro atoms. The molecule has 2 rings (SSSR count). The molecular weight excluding hydrogens is 202 g/mol. The molecule has 0 bridgehead atoms. The van der Waals surface area contributed by atoms with Crippen molar-refractivity contribution in [3.63, 3.8) is 0 Å². The first-order chi connectivity index (χ1) is 7.83. The molecule has 1 aliphatic rings. The summed E-state index contributed by atoms with van der Waals surface area (Å²) in [6, 6.07) is 6.75. The third-order valence-electron chi connectivity index (χ3n) is 2.90. The lowest BCUT2D eigenvalue weighted by Crippen LogP contribution is -2.30. The average Bonchev–Trinajstić information content (AvgIpc) is 2.75. The summed E-state index contributed by atoms with van der Waals surface area (Å²) in [6.07, 6.45) is 2.18. The van der Waals surface area contributed by atoms with E-state index in [1.807, 2.05) is 6.07 Å². The van der Waals surface area contributed by atoms with E-state index in [9.17, 15) is 0 Å². The van der Waals surface area contributed by atoms with Crippen molar-refractivity contribution >= 4 is 0 Å². The second kappa shape index (κ2) is 5.21. The van der Waals surface area contributed by atoms with E-state index in [0.717, 1.165) is 30.9 Å². The topological polar surface area (TPSA) is 30.5 Å². The molecule has 1 unspecified atom stereocenters. The van der Waals surface area contributed by atoms with Crippen LogP contribution in [0.4, 0.5) is 0 Å².